The lowest BCUT2D eigenvalue weighted by Crippen LogP contribution is -2.34. The van der Waals surface area contributed by atoms with Gasteiger partial charge < -0.3 is 9.88 Å². The Morgan fingerprint density at radius 3 is 2.75 bits per heavy atom. The van der Waals surface area contributed by atoms with Gasteiger partial charge in [0.2, 0.25) is 0 Å². The van der Waals surface area contributed by atoms with Crippen LogP contribution in [-0.4, -0.2) is 33.0 Å². The smallest absolute Gasteiger partial charge is 0.251 e. The molecule has 1 fully saturated rings. The van der Waals surface area contributed by atoms with Crippen LogP contribution in [0.15, 0.2) is 22.3 Å². The molecular formula is C17H19N5OS. The van der Waals surface area contributed by atoms with Gasteiger partial charge in [0.1, 0.15) is 22.3 Å². The Hall–Kier alpha value is -2.28. The molecule has 0 unspecified atom stereocenters. The van der Waals surface area contributed by atoms with Crippen LogP contribution in [0.3, 0.4) is 0 Å². The Morgan fingerprint density at radius 2 is 2.00 bits per heavy atom. The average molecular weight is 341 g/mol. The SMILES string of the molecule is Cc1nc(N2CCC(c3cc(=O)[nH]c(C)n3)CC2)c2ccsc2n1. The van der Waals surface area contributed by atoms with Crippen LogP contribution in [0.25, 0.3) is 10.2 Å². The number of aryl methyl sites for hydroxylation is 2. The van der Waals surface area contributed by atoms with Crippen LogP contribution >= 0.6 is 11.3 Å². The van der Waals surface area contributed by atoms with Gasteiger partial charge in [-0.2, -0.15) is 0 Å². The highest BCUT2D eigenvalue weighted by Gasteiger charge is 2.24. The molecule has 0 bridgehead atoms. The molecule has 1 N–H and O–H groups in total. The number of fused-ring (bicyclic) bond motifs is 1. The Balaban J connectivity index is 1.57. The highest BCUT2D eigenvalue weighted by molar-refractivity contribution is 7.16. The van der Waals surface area contributed by atoms with Gasteiger partial charge in [0, 0.05) is 25.1 Å². The van der Waals surface area contributed by atoms with Crippen LogP contribution in [0.2, 0.25) is 0 Å². The van der Waals surface area contributed by atoms with E-state index in [1.54, 1.807) is 17.4 Å². The van der Waals surface area contributed by atoms with E-state index in [4.69, 9.17) is 0 Å². The molecule has 1 aliphatic rings. The fourth-order valence-corrected chi connectivity index (χ4v) is 4.19. The molecular weight excluding hydrogens is 322 g/mol. The molecule has 1 saturated heterocycles. The molecule has 0 amide bonds. The first-order valence-corrected chi connectivity index (χ1v) is 9.03. The van der Waals surface area contributed by atoms with Crippen molar-refractivity contribution in [3.05, 3.63) is 45.2 Å². The zero-order valence-electron chi connectivity index (χ0n) is 13.7. The summed E-state index contributed by atoms with van der Waals surface area (Å²) in [6.07, 6.45) is 1.95. The largest absolute Gasteiger partial charge is 0.356 e. The molecule has 0 spiro atoms. The summed E-state index contributed by atoms with van der Waals surface area (Å²) >= 11 is 1.65. The van der Waals surface area contributed by atoms with Crippen molar-refractivity contribution in [2.24, 2.45) is 0 Å². The van der Waals surface area contributed by atoms with E-state index in [1.165, 1.54) is 0 Å². The number of nitrogens with zero attached hydrogens (tertiary/aromatic N) is 4. The van der Waals surface area contributed by atoms with Crippen molar-refractivity contribution in [3.8, 4) is 0 Å². The molecule has 1 aliphatic heterocycles. The van der Waals surface area contributed by atoms with Gasteiger partial charge in [-0.3, -0.25) is 4.79 Å². The van der Waals surface area contributed by atoms with E-state index in [0.717, 1.165) is 53.5 Å². The topological polar surface area (TPSA) is 74.8 Å². The normalized spacial score (nSPS) is 16.0. The summed E-state index contributed by atoms with van der Waals surface area (Å²) in [4.78, 5) is 31.5. The summed E-state index contributed by atoms with van der Waals surface area (Å²) in [5.74, 6) is 2.87. The number of aromatic nitrogens is 4. The lowest BCUT2D eigenvalue weighted by Gasteiger charge is -2.33. The average Bonchev–Trinajstić information content (AvgIpc) is 3.01. The van der Waals surface area contributed by atoms with Gasteiger partial charge in [-0.05, 0) is 38.1 Å². The fourth-order valence-electron chi connectivity index (χ4n) is 3.38. The van der Waals surface area contributed by atoms with Crippen LogP contribution in [0.1, 0.15) is 36.1 Å². The monoisotopic (exact) mass is 341 g/mol. The zero-order valence-corrected chi connectivity index (χ0v) is 14.6. The number of nitrogens with one attached hydrogen (secondary N) is 1. The quantitative estimate of drug-likeness (QED) is 0.776. The third-order valence-corrected chi connectivity index (χ3v) is 5.32. The third-order valence-electron chi connectivity index (χ3n) is 4.51. The van der Waals surface area contributed by atoms with Gasteiger partial charge in [0.15, 0.2) is 0 Å². The minimum absolute atomic E-state index is 0.0636. The number of piperidine rings is 1. The Morgan fingerprint density at radius 1 is 1.21 bits per heavy atom. The molecule has 7 heteroatoms. The number of hydrogen-bond acceptors (Lipinski definition) is 6. The number of H-pyrrole nitrogens is 1. The van der Waals surface area contributed by atoms with Crippen molar-refractivity contribution in [3.63, 3.8) is 0 Å². The number of thiophene rings is 1. The van der Waals surface area contributed by atoms with E-state index in [-0.39, 0.29) is 5.56 Å². The first-order chi connectivity index (χ1) is 11.6. The van der Waals surface area contributed by atoms with Crippen LogP contribution in [-0.2, 0) is 0 Å². The Kier molecular flexibility index (Phi) is 3.80. The van der Waals surface area contributed by atoms with E-state index < -0.39 is 0 Å². The maximum atomic E-state index is 11.7. The molecule has 3 aromatic heterocycles. The van der Waals surface area contributed by atoms with Gasteiger partial charge in [0.25, 0.3) is 5.56 Å². The van der Waals surface area contributed by atoms with Gasteiger partial charge in [-0.25, -0.2) is 15.0 Å². The first kappa shape index (κ1) is 15.3. The van der Waals surface area contributed by atoms with E-state index >= 15 is 0 Å². The molecule has 4 heterocycles. The van der Waals surface area contributed by atoms with Crippen LogP contribution < -0.4 is 10.5 Å². The summed E-state index contributed by atoms with van der Waals surface area (Å²) < 4.78 is 0. The van der Waals surface area contributed by atoms with E-state index in [1.807, 2.05) is 13.8 Å². The van der Waals surface area contributed by atoms with Crippen LogP contribution in [0.4, 0.5) is 5.82 Å². The zero-order chi connectivity index (χ0) is 16.7. The molecule has 3 aromatic rings. The second-order valence-corrected chi connectivity index (χ2v) is 7.15. The summed E-state index contributed by atoms with van der Waals surface area (Å²) in [7, 11) is 0. The molecule has 0 aromatic carbocycles. The van der Waals surface area contributed by atoms with Crippen molar-refractivity contribution in [1.82, 2.24) is 19.9 Å². The standard InChI is InChI=1S/C17H19N5OS/c1-10-18-14(9-15(23)19-10)12-3-6-22(7-4-12)16-13-5-8-24-17(13)21-11(2)20-16/h5,8-9,12H,3-4,6-7H2,1-2H3,(H,18,19,23). The highest BCUT2D eigenvalue weighted by atomic mass is 32.1. The van der Waals surface area contributed by atoms with Gasteiger partial charge in [-0.15, -0.1) is 11.3 Å². The summed E-state index contributed by atoms with van der Waals surface area (Å²) in [5.41, 5.74) is 0.849. The second-order valence-electron chi connectivity index (χ2n) is 6.25. The molecule has 4 rings (SSSR count). The Labute approximate surface area is 143 Å². The van der Waals surface area contributed by atoms with Gasteiger partial charge >= 0.3 is 0 Å². The summed E-state index contributed by atoms with van der Waals surface area (Å²) in [6, 6.07) is 3.74. The maximum Gasteiger partial charge on any atom is 0.251 e. The first-order valence-electron chi connectivity index (χ1n) is 8.15. The molecule has 0 radical (unpaired) electrons. The molecule has 0 atom stereocenters. The lowest BCUT2D eigenvalue weighted by atomic mass is 9.93. The molecule has 24 heavy (non-hydrogen) atoms. The second kappa shape index (κ2) is 5.98. The van der Waals surface area contributed by atoms with Crippen LogP contribution in [0.5, 0.6) is 0 Å². The minimum Gasteiger partial charge on any atom is -0.356 e. The molecule has 124 valence electrons. The molecule has 6 nitrogen and oxygen atoms in total. The van der Waals surface area contributed by atoms with Crippen molar-refractivity contribution in [1.29, 1.82) is 0 Å². The van der Waals surface area contributed by atoms with Crippen molar-refractivity contribution in [2.75, 3.05) is 18.0 Å². The predicted molar refractivity (Wildman–Crippen MR) is 95.9 cm³/mol. The number of hydrogen-bond donors (Lipinski definition) is 1. The molecule has 0 saturated carbocycles. The minimum atomic E-state index is -0.0636. The van der Waals surface area contributed by atoms with Crippen molar-refractivity contribution < 1.29 is 0 Å². The van der Waals surface area contributed by atoms with E-state index in [0.29, 0.717) is 11.7 Å². The Bertz CT molecular complexity index is 940. The highest BCUT2D eigenvalue weighted by Crippen LogP contribution is 2.33. The van der Waals surface area contributed by atoms with Crippen LogP contribution in [0, 0.1) is 13.8 Å². The van der Waals surface area contributed by atoms with E-state index in [2.05, 4.69) is 36.3 Å². The lowest BCUT2D eigenvalue weighted by molar-refractivity contribution is 0.492. The number of rotatable bonds is 2. The van der Waals surface area contributed by atoms with Crippen molar-refractivity contribution in [2.45, 2.75) is 32.6 Å². The summed E-state index contributed by atoms with van der Waals surface area (Å²) in [5, 5.41) is 3.20. The predicted octanol–water partition coefficient (Wildman–Crippen LogP) is 2.78. The maximum absolute atomic E-state index is 11.7. The van der Waals surface area contributed by atoms with Gasteiger partial charge in [0.05, 0.1) is 11.1 Å². The number of anilines is 1. The summed E-state index contributed by atoms with van der Waals surface area (Å²) in [6.45, 7) is 5.61. The number of aromatic amines is 1. The van der Waals surface area contributed by atoms with Crippen molar-refractivity contribution >= 4 is 27.4 Å². The molecule has 0 aliphatic carbocycles. The fraction of sp³-hybridized carbons (Fsp3) is 0.412. The van der Waals surface area contributed by atoms with Gasteiger partial charge in [-0.1, -0.05) is 0 Å². The van der Waals surface area contributed by atoms with E-state index in [9.17, 15) is 4.79 Å². The third kappa shape index (κ3) is 2.80.